The van der Waals surface area contributed by atoms with E-state index in [4.69, 9.17) is 4.74 Å². The van der Waals surface area contributed by atoms with Crippen molar-refractivity contribution in [2.24, 2.45) is 64.1 Å². The summed E-state index contributed by atoms with van der Waals surface area (Å²) in [4.78, 5) is 71.7. The second-order valence-electron chi connectivity index (χ2n) is 22.4. The van der Waals surface area contributed by atoms with Gasteiger partial charge in [-0.1, -0.05) is 53.7 Å². The largest absolute Gasteiger partial charge is 0.462 e. The molecule has 0 bridgehead atoms. The standard InChI is InChI=1S/C51H74N4O6/c1-30(2)43-40(57)27-51(53-47(60)48(5,6)52-45(58)34-12-10-33(11-13-34)28-55-24-22-54(9)23-25-55)21-17-39-36(44(43)51)14-15-42-49(7)20-18-41(32(4)38(49)16-19-50(39,42)8)61-46(59)37-26-35(29-56)31(37)3/h10-13,29-32,35-39,41-42H,14-28H2,1-9H3,(H,52,58)(H,53,60). The Morgan fingerprint density at radius 2 is 1.56 bits per heavy atom. The van der Waals surface area contributed by atoms with Crippen LogP contribution in [-0.2, 0) is 30.5 Å². The lowest BCUT2D eigenvalue weighted by Crippen LogP contribution is -2.65. The van der Waals surface area contributed by atoms with E-state index in [9.17, 15) is 24.0 Å². The fourth-order valence-electron chi connectivity index (χ4n) is 14.6. The molecule has 1 heterocycles. The second kappa shape index (κ2) is 16.3. The van der Waals surface area contributed by atoms with Gasteiger partial charge in [0.05, 0.1) is 11.5 Å². The Morgan fingerprint density at radius 3 is 2.21 bits per heavy atom. The molecule has 10 heteroatoms. The zero-order valence-corrected chi connectivity index (χ0v) is 38.6. The number of hydrogen-bond acceptors (Lipinski definition) is 8. The van der Waals surface area contributed by atoms with Gasteiger partial charge < -0.3 is 25.1 Å². The molecule has 0 spiro atoms. The number of ether oxygens (including phenoxy) is 1. The number of piperazine rings is 1. The average Bonchev–Trinajstić information content (AvgIpc) is 3.51. The van der Waals surface area contributed by atoms with Crippen molar-refractivity contribution in [3.63, 3.8) is 0 Å². The van der Waals surface area contributed by atoms with Crippen LogP contribution in [-0.4, -0.2) is 90.1 Å². The summed E-state index contributed by atoms with van der Waals surface area (Å²) in [7, 11) is 2.15. The van der Waals surface area contributed by atoms with Gasteiger partial charge >= 0.3 is 5.97 Å². The molecule has 0 radical (unpaired) electrons. The number of likely N-dealkylation sites (N-methyl/N-ethyl adjacent to an activating group) is 1. The minimum absolute atomic E-state index is 0.0298. The van der Waals surface area contributed by atoms with E-state index < -0.39 is 11.1 Å². The smallest absolute Gasteiger partial charge is 0.309 e. The van der Waals surface area contributed by atoms with Crippen molar-refractivity contribution in [3.05, 3.63) is 46.5 Å². The molecular formula is C51H74N4O6. The molecule has 8 rings (SSSR count). The molecule has 2 N–H and O–H groups in total. The van der Waals surface area contributed by atoms with Crippen LogP contribution in [0.2, 0.25) is 0 Å². The molecule has 12 unspecified atom stereocenters. The van der Waals surface area contributed by atoms with Gasteiger partial charge in [-0.05, 0) is 160 Å². The number of aldehydes is 1. The van der Waals surface area contributed by atoms with Crippen molar-refractivity contribution < 1.29 is 28.7 Å². The predicted octanol–water partition coefficient (Wildman–Crippen LogP) is 7.39. The van der Waals surface area contributed by atoms with Gasteiger partial charge in [0.25, 0.3) is 5.91 Å². The number of fused-ring (bicyclic) bond motifs is 7. The van der Waals surface area contributed by atoms with Crippen molar-refractivity contribution in [1.82, 2.24) is 20.4 Å². The van der Waals surface area contributed by atoms with Gasteiger partial charge in [-0.3, -0.25) is 24.1 Å². The highest BCUT2D eigenvalue weighted by atomic mass is 16.5. The summed E-state index contributed by atoms with van der Waals surface area (Å²) in [5.74, 6) is 1.31. The van der Waals surface area contributed by atoms with E-state index in [1.54, 1.807) is 13.8 Å². The lowest BCUT2D eigenvalue weighted by atomic mass is 9.38. The van der Waals surface area contributed by atoms with Crippen molar-refractivity contribution in [2.75, 3.05) is 33.2 Å². The predicted molar refractivity (Wildman–Crippen MR) is 236 cm³/mol. The van der Waals surface area contributed by atoms with E-state index in [2.05, 4.69) is 62.1 Å². The summed E-state index contributed by atoms with van der Waals surface area (Å²) >= 11 is 0. The quantitative estimate of drug-likeness (QED) is 0.185. The lowest BCUT2D eigenvalue weighted by Gasteiger charge is -2.67. The summed E-state index contributed by atoms with van der Waals surface area (Å²) in [5, 5.41) is 6.53. The number of nitrogens with one attached hydrogen (secondary N) is 2. The van der Waals surface area contributed by atoms with Crippen LogP contribution in [0.3, 0.4) is 0 Å². The Labute approximate surface area is 365 Å². The molecule has 6 fully saturated rings. The number of nitrogens with zero attached hydrogens (tertiary/aromatic N) is 2. The average molecular weight is 839 g/mol. The third-order valence-electron chi connectivity index (χ3n) is 18.3. The molecule has 12 atom stereocenters. The Balaban J connectivity index is 0.957. The molecule has 6 aliphatic carbocycles. The van der Waals surface area contributed by atoms with E-state index in [1.807, 2.05) is 31.2 Å². The number of ketones is 1. The molecule has 10 nitrogen and oxygen atoms in total. The summed E-state index contributed by atoms with van der Waals surface area (Å²) in [6.45, 7) is 22.2. The SMILES string of the molecule is CC(C)C1=C2C3CCC4C(C)(CCC5C(C)C(OC(=O)C6CC(C=O)C6C)CCC54C)C3CCC2(NC(=O)C(C)(C)NC(=O)c2ccc(CN3CCN(C)CC3)cc2)CC1=O. The number of carbonyl (C=O) groups is 5. The monoisotopic (exact) mass is 839 g/mol. The molecule has 7 aliphatic rings. The maximum absolute atomic E-state index is 14.5. The Bertz CT molecular complexity index is 1930. The van der Waals surface area contributed by atoms with Crippen LogP contribution < -0.4 is 10.6 Å². The number of allylic oxidation sites excluding steroid dienone is 1. The first-order valence-electron chi connectivity index (χ1n) is 23.9. The number of hydrogen-bond donors (Lipinski definition) is 2. The molecule has 1 saturated heterocycles. The van der Waals surface area contributed by atoms with Crippen LogP contribution in [0, 0.1) is 64.1 Å². The highest BCUT2D eigenvalue weighted by Gasteiger charge is 2.65. The van der Waals surface area contributed by atoms with Gasteiger partial charge in [0.2, 0.25) is 5.91 Å². The van der Waals surface area contributed by atoms with E-state index in [-0.39, 0.29) is 82.4 Å². The minimum Gasteiger partial charge on any atom is -0.462 e. The Hall–Kier alpha value is -3.37. The second-order valence-corrected chi connectivity index (χ2v) is 22.4. The van der Waals surface area contributed by atoms with Crippen LogP contribution in [0.1, 0.15) is 136 Å². The molecule has 334 valence electrons. The van der Waals surface area contributed by atoms with Gasteiger partial charge in [0.1, 0.15) is 17.9 Å². The van der Waals surface area contributed by atoms with Gasteiger partial charge in [0, 0.05) is 50.6 Å². The summed E-state index contributed by atoms with van der Waals surface area (Å²) < 4.78 is 6.29. The van der Waals surface area contributed by atoms with Gasteiger partial charge in [-0.2, -0.15) is 0 Å². The van der Waals surface area contributed by atoms with Crippen molar-refractivity contribution in [3.8, 4) is 0 Å². The maximum atomic E-state index is 14.5. The van der Waals surface area contributed by atoms with Crippen LogP contribution >= 0.6 is 0 Å². The number of rotatable bonds is 10. The first-order valence-corrected chi connectivity index (χ1v) is 23.9. The topological polar surface area (TPSA) is 125 Å². The summed E-state index contributed by atoms with van der Waals surface area (Å²) in [6, 6.07) is 7.74. The third-order valence-corrected chi connectivity index (χ3v) is 18.3. The van der Waals surface area contributed by atoms with Gasteiger partial charge in [-0.15, -0.1) is 0 Å². The highest BCUT2D eigenvalue weighted by Crippen LogP contribution is 2.70. The molecule has 1 aliphatic heterocycles. The highest BCUT2D eigenvalue weighted by molar-refractivity contribution is 6.03. The maximum Gasteiger partial charge on any atom is 0.309 e. The van der Waals surface area contributed by atoms with Crippen LogP contribution in [0.25, 0.3) is 0 Å². The molecule has 2 amide bonds. The number of amides is 2. The molecule has 1 aromatic carbocycles. The van der Waals surface area contributed by atoms with Gasteiger partial charge in [0.15, 0.2) is 5.78 Å². The summed E-state index contributed by atoms with van der Waals surface area (Å²) in [5.41, 5.74) is 2.07. The fourth-order valence-corrected chi connectivity index (χ4v) is 14.6. The Morgan fingerprint density at radius 1 is 0.902 bits per heavy atom. The van der Waals surface area contributed by atoms with E-state index in [1.165, 1.54) is 11.1 Å². The lowest BCUT2D eigenvalue weighted by molar-refractivity contribution is -0.195. The molecular weight excluding hydrogens is 765 g/mol. The summed E-state index contributed by atoms with van der Waals surface area (Å²) in [6.07, 6.45) is 9.67. The Kier molecular flexibility index (Phi) is 11.8. The molecule has 5 saturated carbocycles. The normalized spacial score (nSPS) is 39.0. The van der Waals surface area contributed by atoms with Gasteiger partial charge in [-0.25, -0.2) is 0 Å². The van der Waals surface area contributed by atoms with Crippen molar-refractivity contribution in [1.29, 1.82) is 0 Å². The zero-order chi connectivity index (χ0) is 43.8. The molecule has 1 aromatic rings. The fraction of sp³-hybridized carbons (Fsp3) is 0.745. The number of carbonyl (C=O) groups excluding carboxylic acids is 5. The van der Waals surface area contributed by atoms with E-state index in [0.29, 0.717) is 29.7 Å². The zero-order valence-electron chi connectivity index (χ0n) is 38.6. The first kappa shape index (κ1) is 44.2. The van der Waals surface area contributed by atoms with Crippen molar-refractivity contribution >= 4 is 29.9 Å². The minimum atomic E-state index is -1.20. The van der Waals surface area contributed by atoms with Crippen molar-refractivity contribution in [2.45, 2.75) is 143 Å². The third kappa shape index (κ3) is 7.65. The number of esters is 1. The molecule has 0 aromatic heterocycles. The van der Waals surface area contributed by atoms with Crippen LogP contribution in [0.15, 0.2) is 35.4 Å². The molecule has 61 heavy (non-hydrogen) atoms. The number of Topliss-reactive ketones (excluding diaryl/α,β-unsaturated/α-hetero) is 1. The first-order chi connectivity index (χ1) is 28.8. The van der Waals surface area contributed by atoms with Crippen LogP contribution in [0.4, 0.5) is 0 Å². The number of benzene rings is 1. The van der Waals surface area contributed by atoms with E-state index in [0.717, 1.165) is 95.9 Å². The van der Waals surface area contributed by atoms with E-state index >= 15 is 0 Å². The van der Waals surface area contributed by atoms with Crippen LogP contribution in [0.5, 0.6) is 0 Å².